The summed E-state index contributed by atoms with van der Waals surface area (Å²) in [4.78, 5) is 12.8. The SMILES string of the molecule is O=C(Cc1ccsc1)NCc1sccc1Br. The van der Waals surface area contributed by atoms with Gasteiger partial charge in [0.15, 0.2) is 0 Å². The van der Waals surface area contributed by atoms with Gasteiger partial charge in [0.05, 0.1) is 13.0 Å². The summed E-state index contributed by atoms with van der Waals surface area (Å²) in [6.45, 7) is 0.598. The molecule has 0 atom stereocenters. The molecule has 2 aromatic rings. The lowest BCUT2D eigenvalue weighted by atomic mass is 10.2. The van der Waals surface area contributed by atoms with E-state index in [1.54, 1.807) is 22.7 Å². The first kappa shape index (κ1) is 11.8. The minimum Gasteiger partial charge on any atom is -0.351 e. The summed E-state index contributed by atoms with van der Waals surface area (Å²) >= 11 is 6.69. The van der Waals surface area contributed by atoms with Crippen LogP contribution < -0.4 is 5.32 Å². The van der Waals surface area contributed by atoms with Crippen LogP contribution in [0.25, 0.3) is 0 Å². The van der Waals surface area contributed by atoms with Gasteiger partial charge in [0, 0.05) is 9.35 Å². The van der Waals surface area contributed by atoms with Crippen LogP contribution in [0, 0.1) is 0 Å². The van der Waals surface area contributed by atoms with E-state index in [0.29, 0.717) is 13.0 Å². The first-order chi connectivity index (χ1) is 7.75. The summed E-state index contributed by atoms with van der Waals surface area (Å²) < 4.78 is 1.06. The minimum atomic E-state index is 0.0682. The summed E-state index contributed by atoms with van der Waals surface area (Å²) in [7, 11) is 0. The molecule has 0 fully saturated rings. The molecule has 84 valence electrons. The van der Waals surface area contributed by atoms with Crippen molar-refractivity contribution >= 4 is 44.5 Å². The van der Waals surface area contributed by atoms with E-state index in [1.807, 2.05) is 28.3 Å². The number of carbonyl (C=O) groups excluding carboxylic acids is 1. The number of nitrogens with one attached hydrogen (secondary N) is 1. The highest BCUT2D eigenvalue weighted by molar-refractivity contribution is 9.10. The molecule has 0 bridgehead atoms. The van der Waals surface area contributed by atoms with Crippen LogP contribution in [0.15, 0.2) is 32.7 Å². The van der Waals surface area contributed by atoms with Gasteiger partial charge in [-0.15, -0.1) is 11.3 Å². The second kappa shape index (κ2) is 5.61. The lowest BCUT2D eigenvalue weighted by Crippen LogP contribution is -2.24. The largest absolute Gasteiger partial charge is 0.351 e. The van der Waals surface area contributed by atoms with Crippen LogP contribution >= 0.6 is 38.6 Å². The molecule has 1 amide bonds. The molecule has 0 radical (unpaired) electrons. The lowest BCUT2D eigenvalue weighted by Gasteiger charge is -2.03. The topological polar surface area (TPSA) is 29.1 Å². The Kier molecular flexibility index (Phi) is 4.15. The van der Waals surface area contributed by atoms with Crippen molar-refractivity contribution in [2.45, 2.75) is 13.0 Å². The number of rotatable bonds is 4. The zero-order valence-electron chi connectivity index (χ0n) is 8.40. The van der Waals surface area contributed by atoms with Crippen LogP contribution in [-0.2, 0) is 17.8 Å². The zero-order valence-corrected chi connectivity index (χ0v) is 11.6. The third kappa shape index (κ3) is 3.17. The van der Waals surface area contributed by atoms with Gasteiger partial charge in [-0.25, -0.2) is 0 Å². The standard InChI is InChI=1S/C11H10BrNOS2/c12-9-2-4-16-10(9)6-13-11(14)5-8-1-3-15-7-8/h1-4,7H,5-6H2,(H,13,14). The fourth-order valence-electron chi connectivity index (χ4n) is 1.27. The Bertz CT molecular complexity index is 464. The van der Waals surface area contributed by atoms with E-state index >= 15 is 0 Å². The van der Waals surface area contributed by atoms with Gasteiger partial charge in [0.1, 0.15) is 0 Å². The van der Waals surface area contributed by atoms with Gasteiger partial charge in [-0.05, 0) is 49.8 Å². The van der Waals surface area contributed by atoms with Crippen LogP contribution in [-0.4, -0.2) is 5.91 Å². The number of thiophene rings is 2. The Hall–Kier alpha value is -0.650. The number of amides is 1. The van der Waals surface area contributed by atoms with Crippen molar-refractivity contribution in [1.82, 2.24) is 5.32 Å². The van der Waals surface area contributed by atoms with E-state index in [0.717, 1.165) is 14.9 Å². The number of carbonyl (C=O) groups is 1. The van der Waals surface area contributed by atoms with Gasteiger partial charge in [0.2, 0.25) is 5.91 Å². The van der Waals surface area contributed by atoms with Crippen LogP contribution in [0.5, 0.6) is 0 Å². The lowest BCUT2D eigenvalue weighted by molar-refractivity contribution is -0.120. The molecule has 2 heterocycles. The van der Waals surface area contributed by atoms with Crippen molar-refractivity contribution in [3.8, 4) is 0 Å². The van der Waals surface area contributed by atoms with Gasteiger partial charge in [0.25, 0.3) is 0 Å². The maximum absolute atomic E-state index is 11.6. The number of hydrogen-bond donors (Lipinski definition) is 1. The second-order valence-corrected chi connectivity index (χ2v) is 5.91. The monoisotopic (exact) mass is 315 g/mol. The minimum absolute atomic E-state index is 0.0682. The molecule has 0 unspecified atom stereocenters. The quantitative estimate of drug-likeness (QED) is 0.920. The maximum atomic E-state index is 11.6. The Balaban J connectivity index is 1.82. The first-order valence-corrected chi connectivity index (χ1v) is 7.37. The summed E-state index contributed by atoms with van der Waals surface area (Å²) in [5.41, 5.74) is 1.08. The Morgan fingerprint density at radius 3 is 2.88 bits per heavy atom. The van der Waals surface area contributed by atoms with E-state index in [4.69, 9.17) is 0 Å². The van der Waals surface area contributed by atoms with Crippen molar-refractivity contribution in [3.63, 3.8) is 0 Å². The fourth-order valence-corrected chi connectivity index (χ4v) is 3.37. The predicted molar refractivity (Wildman–Crippen MR) is 71.9 cm³/mol. The molecule has 0 aliphatic carbocycles. The van der Waals surface area contributed by atoms with Crippen molar-refractivity contribution in [3.05, 3.63) is 43.2 Å². The van der Waals surface area contributed by atoms with Crippen molar-refractivity contribution in [2.75, 3.05) is 0 Å². The summed E-state index contributed by atoms with van der Waals surface area (Å²) in [6, 6.07) is 3.97. The molecule has 0 saturated heterocycles. The average molecular weight is 316 g/mol. The highest BCUT2D eigenvalue weighted by atomic mass is 79.9. The summed E-state index contributed by atoms with van der Waals surface area (Å²) in [6.07, 6.45) is 0.465. The fraction of sp³-hybridized carbons (Fsp3) is 0.182. The molecule has 16 heavy (non-hydrogen) atoms. The Morgan fingerprint density at radius 2 is 2.25 bits per heavy atom. The highest BCUT2D eigenvalue weighted by Crippen LogP contribution is 2.22. The van der Waals surface area contributed by atoms with Gasteiger partial charge in [-0.3, -0.25) is 4.79 Å². The van der Waals surface area contributed by atoms with Crippen LogP contribution in [0.3, 0.4) is 0 Å². The molecule has 1 N–H and O–H groups in total. The summed E-state index contributed by atoms with van der Waals surface area (Å²) in [5, 5.41) is 8.90. The predicted octanol–water partition coefficient (Wildman–Crippen LogP) is 3.43. The Labute approximate surface area is 110 Å². The molecule has 5 heteroatoms. The van der Waals surface area contributed by atoms with Gasteiger partial charge in [-0.1, -0.05) is 0 Å². The maximum Gasteiger partial charge on any atom is 0.224 e. The zero-order chi connectivity index (χ0) is 11.4. The van der Waals surface area contributed by atoms with Crippen molar-refractivity contribution in [1.29, 1.82) is 0 Å². The molecular formula is C11H10BrNOS2. The van der Waals surface area contributed by atoms with Gasteiger partial charge in [-0.2, -0.15) is 11.3 Å². The molecular weight excluding hydrogens is 306 g/mol. The molecule has 0 aliphatic rings. The first-order valence-electron chi connectivity index (χ1n) is 4.75. The summed E-state index contributed by atoms with van der Waals surface area (Å²) in [5.74, 6) is 0.0682. The smallest absolute Gasteiger partial charge is 0.224 e. The van der Waals surface area contributed by atoms with E-state index in [-0.39, 0.29) is 5.91 Å². The molecule has 0 aromatic carbocycles. The van der Waals surface area contributed by atoms with Crippen LogP contribution in [0.2, 0.25) is 0 Å². The molecule has 0 spiro atoms. The molecule has 2 aromatic heterocycles. The Morgan fingerprint density at radius 1 is 1.38 bits per heavy atom. The van der Waals surface area contributed by atoms with Crippen LogP contribution in [0.4, 0.5) is 0 Å². The molecule has 2 rings (SSSR count). The van der Waals surface area contributed by atoms with E-state index in [2.05, 4.69) is 21.2 Å². The van der Waals surface area contributed by atoms with Gasteiger partial charge < -0.3 is 5.32 Å². The second-order valence-electron chi connectivity index (χ2n) is 3.28. The van der Waals surface area contributed by atoms with Crippen molar-refractivity contribution < 1.29 is 4.79 Å². The normalized spacial score (nSPS) is 10.3. The average Bonchev–Trinajstić information content (AvgIpc) is 2.87. The van der Waals surface area contributed by atoms with Gasteiger partial charge >= 0.3 is 0 Å². The molecule has 0 saturated carbocycles. The molecule has 2 nitrogen and oxygen atoms in total. The third-order valence-electron chi connectivity index (χ3n) is 2.08. The van der Waals surface area contributed by atoms with Crippen LogP contribution in [0.1, 0.15) is 10.4 Å². The van der Waals surface area contributed by atoms with E-state index in [1.165, 1.54) is 0 Å². The number of hydrogen-bond acceptors (Lipinski definition) is 3. The van der Waals surface area contributed by atoms with E-state index in [9.17, 15) is 4.79 Å². The van der Waals surface area contributed by atoms with Crippen molar-refractivity contribution in [2.24, 2.45) is 0 Å². The number of halogens is 1. The van der Waals surface area contributed by atoms with E-state index < -0.39 is 0 Å². The molecule has 0 aliphatic heterocycles. The highest BCUT2D eigenvalue weighted by Gasteiger charge is 2.05. The third-order valence-corrected chi connectivity index (χ3v) is 4.74.